The monoisotopic (exact) mass is 578 g/mol. The predicted molar refractivity (Wildman–Crippen MR) is 156 cm³/mol. The molecular weight excluding hydrogens is 515 g/mol. The Hall–Kier alpha value is 0.539. The minimum absolute atomic E-state index is 0.857. The fourth-order valence-corrected chi connectivity index (χ4v) is 37.5. The van der Waals surface area contributed by atoms with Crippen LogP contribution in [0.1, 0.15) is 120 Å². The number of allylic oxidation sites excluding steroid dienone is 1. The van der Waals surface area contributed by atoms with Crippen LogP contribution in [0.4, 0.5) is 0 Å². The first-order chi connectivity index (χ1) is 16.0. The van der Waals surface area contributed by atoms with Crippen molar-refractivity contribution in [3.63, 3.8) is 0 Å². The molecule has 3 rings (SSSR count). The second-order valence-corrected chi connectivity index (χ2v) is 28.8. The molecule has 3 aliphatic rings. The fourth-order valence-electron chi connectivity index (χ4n) is 9.99. The predicted octanol–water partition coefficient (Wildman–Crippen LogP) is 11.0. The molecule has 9 unspecified atom stereocenters. The first kappa shape index (κ1) is 29.1. The molecule has 0 aliphatic heterocycles. The van der Waals surface area contributed by atoms with Gasteiger partial charge in [-0.1, -0.05) is 0 Å². The summed E-state index contributed by atoms with van der Waals surface area (Å²) in [5.74, 6) is 8.36. The van der Waals surface area contributed by atoms with Gasteiger partial charge in [0.1, 0.15) is 0 Å². The molecule has 0 radical (unpaired) electrons. The van der Waals surface area contributed by atoms with Crippen molar-refractivity contribution in [2.24, 2.45) is 53.3 Å². The summed E-state index contributed by atoms with van der Waals surface area (Å²) in [6.45, 7) is 27.9. The van der Waals surface area contributed by atoms with Crippen molar-refractivity contribution in [1.29, 1.82) is 0 Å². The summed E-state index contributed by atoms with van der Waals surface area (Å²) in [6.07, 6.45) is 16.2. The van der Waals surface area contributed by atoms with Gasteiger partial charge in [0.15, 0.2) is 0 Å². The molecule has 0 aromatic carbocycles. The van der Waals surface area contributed by atoms with Crippen LogP contribution in [0.15, 0.2) is 12.7 Å². The van der Waals surface area contributed by atoms with E-state index in [2.05, 4.69) is 75.0 Å². The zero-order chi connectivity index (χ0) is 25.2. The average molecular weight is 578 g/mol. The molecule has 0 nitrogen and oxygen atoms in total. The van der Waals surface area contributed by atoms with Gasteiger partial charge in [-0.25, -0.2) is 0 Å². The van der Waals surface area contributed by atoms with E-state index in [1.54, 1.807) is 19.3 Å². The summed E-state index contributed by atoms with van der Waals surface area (Å²) in [5, 5.41) is 0. The molecule has 1 heteroatoms. The molecule has 0 spiro atoms. The van der Waals surface area contributed by atoms with Crippen molar-refractivity contribution in [1.82, 2.24) is 0 Å². The van der Waals surface area contributed by atoms with Crippen molar-refractivity contribution in [2.45, 2.75) is 136 Å². The van der Waals surface area contributed by atoms with Crippen LogP contribution in [0.2, 0.25) is 16.2 Å². The summed E-state index contributed by atoms with van der Waals surface area (Å²) in [5.41, 5.74) is 0. The molecule has 0 bridgehead atoms. The van der Waals surface area contributed by atoms with E-state index in [4.69, 9.17) is 0 Å². The van der Waals surface area contributed by atoms with Crippen LogP contribution >= 0.6 is 0 Å². The Morgan fingerprint density at radius 1 is 0.588 bits per heavy atom. The molecule has 0 aromatic heterocycles. The summed E-state index contributed by atoms with van der Waals surface area (Å²) in [4.78, 5) is 0. The van der Waals surface area contributed by atoms with Crippen LogP contribution in [0.25, 0.3) is 0 Å². The van der Waals surface area contributed by atoms with E-state index >= 15 is 0 Å². The van der Waals surface area contributed by atoms with Crippen LogP contribution in [-0.4, -0.2) is 18.4 Å². The summed E-state index contributed by atoms with van der Waals surface area (Å²) >= 11 is -2.82. The van der Waals surface area contributed by atoms with E-state index in [1.165, 1.54) is 43.0 Å². The van der Waals surface area contributed by atoms with E-state index < -0.39 is 18.4 Å². The van der Waals surface area contributed by atoms with E-state index in [1.807, 2.05) is 0 Å². The van der Waals surface area contributed by atoms with E-state index in [0.29, 0.717) is 0 Å². The molecular formula is C33H62Sn. The molecule has 3 aliphatic carbocycles. The Kier molecular flexibility index (Phi) is 10.6. The maximum atomic E-state index is 4.55. The Bertz CT molecular complexity index is 554. The van der Waals surface area contributed by atoms with E-state index in [0.717, 1.165) is 65.1 Å². The van der Waals surface area contributed by atoms with Crippen molar-refractivity contribution >= 4 is 18.4 Å². The molecule has 0 heterocycles. The SMILES string of the molecule is C=C[CH2][Sn]([CH]1CC(C)CCC1C(C)C)([CH]1CC(C)CCC1C(C)C)[CH]1CC(C)CCC1C(C)C. The number of hydrogen-bond donors (Lipinski definition) is 0. The third kappa shape index (κ3) is 5.98. The van der Waals surface area contributed by atoms with Gasteiger partial charge in [0.05, 0.1) is 0 Å². The number of hydrogen-bond acceptors (Lipinski definition) is 0. The van der Waals surface area contributed by atoms with Crippen LogP contribution in [0.3, 0.4) is 0 Å². The third-order valence-corrected chi connectivity index (χ3v) is 32.0. The zero-order valence-corrected chi connectivity index (χ0v) is 27.6. The van der Waals surface area contributed by atoms with Gasteiger partial charge in [-0.05, 0) is 0 Å². The standard InChI is InChI=1S/3C10H19.C3H5.Sn/c3*1-8(2)10-6-4-9(3)5-7-10;1-3-2;/h3*6,8-10H,4-5,7H2,1-3H3;3H,1-2H2;. The second kappa shape index (κ2) is 12.4. The van der Waals surface area contributed by atoms with Crippen molar-refractivity contribution in [2.75, 3.05) is 0 Å². The van der Waals surface area contributed by atoms with Gasteiger partial charge in [0.25, 0.3) is 0 Å². The Morgan fingerprint density at radius 2 is 0.882 bits per heavy atom. The normalized spacial score (nSPS) is 41.6. The number of rotatable bonds is 8. The van der Waals surface area contributed by atoms with Gasteiger partial charge < -0.3 is 0 Å². The van der Waals surface area contributed by atoms with E-state index in [9.17, 15) is 0 Å². The molecule has 0 aromatic rings. The van der Waals surface area contributed by atoms with Crippen molar-refractivity contribution in [3.8, 4) is 0 Å². The average Bonchev–Trinajstić information content (AvgIpc) is 2.76. The molecule has 9 atom stereocenters. The van der Waals surface area contributed by atoms with Crippen molar-refractivity contribution in [3.05, 3.63) is 12.7 Å². The quantitative estimate of drug-likeness (QED) is 0.199. The first-order valence-corrected chi connectivity index (χ1v) is 22.6. The van der Waals surface area contributed by atoms with Crippen LogP contribution in [0, 0.1) is 53.3 Å². The van der Waals surface area contributed by atoms with Gasteiger partial charge in [-0.2, -0.15) is 0 Å². The minimum atomic E-state index is -2.82. The van der Waals surface area contributed by atoms with E-state index in [-0.39, 0.29) is 0 Å². The maximum absolute atomic E-state index is 4.55. The van der Waals surface area contributed by atoms with Gasteiger partial charge in [-0.15, -0.1) is 0 Å². The van der Waals surface area contributed by atoms with Gasteiger partial charge >= 0.3 is 221 Å². The van der Waals surface area contributed by atoms with Crippen LogP contribution < -0.4 is 0 Å². The molecule has 3 saturated carbocycles. The molecule has 0 amide bonds. The summed E-state index contributed by atoms with van der Waals surface area (Å²) < 4.78 is 4.74. The molecule has 198 valence electrons. The summed E-state index contributed by atoms with van der Waals surface area (Å²) in [7, 11) is 0. The van der Waals surface area contributed by atoms with Gasteiger partial charge in [0.2, 0.25) is 0 Å². The molecule has 0 N–H and O–H groups in total. The topological polar surface area (TPSA) is 0 Å². The van der Waals surface area contributed by atoms with Gasteiger partial charge in [-0.3, -0.25) is 0 Å². The molecule has 3 fully saturated rings. The molecule has 0 saturated heterocycles. The van der Waals surface area contributed by atoms with Crippen molar-refractivity contribution < 1.29 is 0 Å². The summed E-state index contributed by atoms with van der Waals surface area (Å²) in [6, 6.07) is 0. The third-order valence-electron chi connectivity index (χ3n) is 11.6. The fraction of sp³-hybridized carbons (Fsp3) is 0.939. The Labute approximate surface area is 219 Å². The first-order valence-electron chi connectivity index (χ1n) is 15.6. The Morgan fingerprint density at radius 3 is 1.12 bits per heavy atom. The van der Waals surface area contributed by atoms with Gasteiger partial charge in [0, 0.05) is 0 Å². The zero-order valence-electron chi connectivity index (χ0n) is 24.8. The Balaban J connectivity index is 2.25. The van der Waals surface area contributed by atoms with Crippen LogP contribution in [0.5, 0.6) is 0 Å². The van der Waals surface area contributed by atoms with Crippen LogP contribution in [-0.2, 0) is 0 Å². The molecule has 34 heavy (non-hydrogen) atoms. The second-order valence-electron chi connectivity index (χ2n) is 14.9.